The third-order valence-electron chi connectivity index (χ3n) is 4.20. The summed E-state index contributed by atoms with van der Waals surface area (Å²) >= 11 is 0. The molecule has 0 amide bonds. The van der Waals surface area contributed by atoms with Crippen LogP contribution in [0.3, 0.4) is 0 Å². The smallest absolute Gasteiger partial charge is 0.310 e. The van der Waals surface area contributed by atoms with E-state index in [4.69, 9.17) is 14.4 Å². The molecule has 0 bridgehead atoms. The Morgan fingerprint density at radius 3 is 2.63 bits per heavy atom. The highest BCUT2D eigenvalue weighted by Gasteiger charge is 2.16. The molecule has 9 heteroatoms. The largest absolute Gasteiger partial charge is 0.487 e. The molecule has 0 atom stereocenters. The first-order chi connectivity index (χ1) is 14.5. The number of ether oxygens (including phenoxy) is 1. The lowest BCUT2D eigenvalue weighted by Crippen LogP contribution is -2.80. The molecule has 5 N–H and O–H groups in total. The van der Waals surface area contributed by atoms with E-state index in [1.54, 1.807) is 38.8 Å². The minimum atomic E-state index is -0.441. The van der Waals surface area contributed by atoms with Gasteiger partial charge in [-0.3, -0.25) is 25.7 Å². The summed E-state index contributed by atoms with van der Waals surface area (Å²) in [5.74, 6) is 0.259. The van der Waals surface area contributed by atoms with Gasteiger partial charge >= 0.3 is 5.69 Å². The first kappa shape index (κ1) is 23.0. The molecular weight excluding hydrogens is 388 g/mol. The number of nitrogens with zero attached hydrogens (tertiary/aromatic N) is 1. The van der Waals surface area contributed by atoms with E-state index in [0.29, 0.717) is 6.61 Å². The molecule has 0 saturated carbocycles. The van der Waals surface area contributed by atoms with Crippen LogP contribution in [-0.4, -0.2) is 25.7 Å². The average molecular weight is 416 g/mol. The molecule has 0 fully saturated rings. The van der Waals surface area contributed by atoms with Crippen molar-refractivity contribution in [3.63, 3.8) is 0 Å². The summed E-state index contributed by atoms with van der Waals surface area (Å²) in [5, 5.41) is 13.2. The quantitative estimate of drug-likeness (QED) is 0.224. The van der Waals surface area contributed by atoms with Gasteiger partial charge in [-0.25, -0.2) is 4.84 Å². The summed E-state index contributed by atoms with van der Waals surface area (Å²) in [4.78, 5) is 20.9. The Morgan fingerprint density at radius 1 is 1.20 bits per heavy atom. The molecule has 0 heterocycles. The Morgan fingerprint density at radius 2 is 2.00 bits per heavy atom. The predicted octanol–water partition coefficient (Wildman–Crippen LogP) is 2.54. The van der Waals surface area contributed by atoms with Crippen LogP contribution in [0.1, 0.15) is 19.4 Å². The van der Waals surface area contributed by atoms with E-state index in [0.717, 1.165) is 28.2 Å². The van der Waals surface area contributed by atoms with Gasteiger partial charge in [0.1, 0.15) is 0 Å². The second-order valence-corrected chi connectivity index (χ2v) is 6.15. The third kappa shape index (κ3) is 6.13. The van der Waals surface area contributed by atoms with Crippen molar-refractivity contribution in [2.45, 2.75) is 13.8 Å². The zero-order chi connectivity index (χ0) is 21.9. The van der Waals surface area contributed by atoms with Gasteiger partial charge in [-0.05, 0) is 49.3 Å². The minimum Gasteiger partial charge on any atom is -0.487 e. The average Bonchev–Trinajstić information content (AvgIpc) is 2.73. The van der Waals surface area contributed by atoms with Crippen molar-refractivity contribution in [1.82, 2.24) is 0 Å². The molecule has 0 radical (unpaired) electrons. The zero-order valence-corrected chi connectivity index (χ0v) is 17.5. The molecule has 0 aliphatic heterocycles. The number of hydrogen-bond donors (Lipinski definition) is 3. The maximum Gasteiger partial charge on any atom is 0.310 e. The van der Waals surface area contributed by atoms with Gasteiger partial charge in [0.2, 0.25) is 5.69 Å². The van der Waals surface area contributed by atoms with Crippen molar-refractivity contribution in [2.24, 2.45) is 0 Å². The molecule has 0 saturated heterocycles. The van der Waals surface area contributed by atoms with Crippen LogP contribution in [0.4, 0.5) is 22.7 Å². The number of nitro groups is 1. The molecule has 2 aromatic rings. The maximum atomic E-state index is 11.2. The van der Waals surface area contributed by atoms with E-state index in [1.807, 2.05) is 48.8 Å². The fourth-order valence-corrected chi connectivity index (χ4v) is 2.87. The highest BCUT2D eigenvalue weighted by atomic mass is 16.6. The van der Waals surface area contributed by atoms with Crippen LogP contribution in [-0.2, 0) is 9.68 Å². The van der Waals surface area contributed by atoms with E-state index < -0.39 is 4.92 Å². The summed E-state index contributed by atoms with van der Waals surface area (Å²) in [5.41, 5.74) is 8.81. The van der Waals surface area contributed by atoms with Gasteiger partial charge in [0.15, 0.2) is 11.4 Å². The molecule has 0 aliphatic carbocycles. The maximum absolute atomic E-state index is 11.2. The molecule has 2 aromatic carbocycles. The predicted molar refractivity (Wildman–Crippen MR) is 114 cm³/mol. The molecule has 30 heavy (non-hydrogen) atoms. The molecule has 0 aliphatic rings. The molecular formula is C21H28N4O5+2. The van der Waals surface area contributed by atoms with Crippen molar-refractivity contribution >= 4 is 28.3 Å². The SMILES string of the molecule is C/C=C(\C=C/[NH2+]c1ccc(NOC)cc1[NH2+]OC)c1ccc([N+](=O)[O-])c(OCC)c1. The lowest BCUT2D eigenvalue weighted by molar-refractivity contribution is -0.832. The number of nitrogens with two attached hydrogens (primary N) is 2. The van der Waals surface area contributed by atoms with Gasteiger partial charge in [-0.1, -0.05) is 6.08 Å². The standard InChI is InChI=1S/C21H26N4O5/c1-5-15(16-7-10-20(25(26)27)21(13-16)30-6-2)11-12-22-18-9-8-17(23-28-3)14-19(18)24-29-4/h5,7-14,22-24H,6H2,1-4H3/p+2/b12-11-,15-5+. The Bertz CT molecular complexity index is 928. The van der Waals surface area contributed by atoms with Crippen molar-refractivity contribution in [3.8, 4) is 5.75 Å². The monoisotopic (exact) mass is 416 g/mol. The van der Waals surface area contributed by atoms with Gasteiger partial charge < -0.3 is 4.74 Å². The Kier molecular flexibility index (Phi) is 8.98. The van der Waals surface area contributed by atoms with Crippen LogP contribution in [0.15, 0.2) is 54.8 Å². The van der Waals surface area contributed by atoms with E-state index in [2.05, 4.69) is 5.48 Å². The van der Waals surface area contributed by atoms with Crippen LogP contribution in [0.25, 0.3) is 5.57 Å². The van der Waals surface area contributed by atoms with Gasteiger partial charge in [0.05, 0.1) is 37.6 Å². The van der Waals surface area contributed by atoms with Crippen LogP contribution < -0.4 is 21.0 Å². The number of nitro benzene ring substituents is 1. The summed E-state index contributed by atoms with van der Waals surface area (Å²) in [6.07, 6.45) is 5.80. The van der Waals surface area contributed by atoms with Gasteiger partial charge in [0, 0.05) is 18.2 Å². The van der Waals surface area contributed by atoms with E-state index in [-0.39, 0.29) is 11.4 Å². The first-order valence-electron chi connectivity index (χ1n) is 9.42. The van der Waals surface area contributed by atoms with Crippen LogP contribution in [0.2, 0.25) is 0 Å². The van der Waals surface area contributed by atoms with Crippen molar-refractivity contribution in [2.75, 3.05) is 26.3 Å². The topological polar surface area (TPSA) is 116 Å². The second-order valence-electron chi connectivity index (χ2n) is 6.15. The number of benzene rings is 2. The van der Waals surface area contributed by atoms with Crippen molar-refractivity contribution in [1.29, 1.82) is 0 Å². The van der Waals surface area contributed by atoms with Crippen molar-refractivity contribution < 1.29 is 30.1 Å². The van der Waals surface area contributed by atoms with E-state index >= 15 is 0 Å². The molecule has 0 unspecified atom stereocenters. The lowest BCUT2D eigenvalue weighted by Gasteiger charge is -2.08. The number of anilines is 1. The summed E-state index contributed by atoms with van der Waals surface area (Å²) in [6.45, 7) is 4.06. The lowest BCUT2D eigenvalue weighted by atomic mass is 10.0. The number of allylic oxidation sites excluding steroid dienone is 3. The molecule has 0 aromatic heterocycles. The number of rotatable bonds is 11. The molecule has 160 valence electrons. The summed E-state index contributed by atoms with van der Waals surface area (Å²) in [7, 11) is 3.15. The van der Waals surface area contributed by atoms with Crippen LogP contribution >= 0.6 is 0 Å². The Balaban J connectivity index is 2.22. The minimum absolute atomic E-state index is 0.0453. The van der Waals surface area contributed by atoms with E-state index in [9.17, 15) is 10.1 Å². The van der Waals surface area contributed by atoms with E-state index in [1.165, 1.54) is 6.07 Å². The van der Waals surface area contributed by atoms with Gasteiger partial charge in [0.25, 0.3) is 0 Å². The Labute approximate surface area is 175 Å². The first-order valence-corrected chi connectivity index (χ1v) is 9.42. The number of nitrogens with one attached hydrogen (secondary N) is 1. The molecule has 2 rings (SSSR count). The number of quaternary nitrogens is 2. The highest BCUT2D eigenvalue weighted by molar-refractivity contribution is 5.75. The van der Waals surface area contributed by atoms with Gasteiger partial charge in [-0.2, -0.15) is 5.48 Å². The fourth-order valence-electron chi connectivity index (χ4n) is 2.87. The normalized spacial score (nSPS) is 11.7. The highest BCUT2D eigenvalue weighted by Crippen LogP contribution is 2.31. The zero-order valence-electron chi connectivity index (χ0n) is 17.5. The molecule has 0 spiro atoms. The van der Waals surface area contributed by atoms with Crippen LogP contribution in [0.5, 0.6) is 5.75 Å². The van der Waals surface area contributed by atoms with Crippen molar-refractivity contribution in [3.05, 3.63) is 70.4 Å². The summed E-state index contributed by atoms with van der Waals surface area (Å²) in [6, 6.07) is 10.6. The fraction of sp³-hybridized carbons (Fsp3) is 0.238. The molecule has 9 nitrogen and oxygen atoms in total. The third-order valence-corrected chi connectivity index (χ3v) is 4.20. The van der Waals surface area contributed by atoms with Gasteiger partial charge in [-0.15, -0.1) is 0 Å². The Hall–Kier alpha value is -3.24. The summed E-state index contributed by atoms with van der Waals surface area (Å²) < 4.78 is 5.45. The second kappa shape index (κ2) is 11.7. The number of hydrogen-bond acceptors (Lipinski definition) is 6. The van der Waals surface area contributed by atoms with Crippen LogP contribution in [0, 0.1) is 10.1 Å².